The van der Waals surface area contributed by atoms with Crippen LogP contribution >= 0.6 is 0 Å². The van der Waals surface area contributed by atoms with Gasteiger partial charge in [0.15, 0.2) is 0 Å². The van der Waals surface area contributed by atoms with E-state index >= 15 is 0 Å². The van der Waals surface area contributed by atoms with Gasteiger partial charge in [0.25, 0.3) is 0 Å². The molecule has 2 aromatic heterocycles. The molecule has 2 aromatic rings. The number of hydrogen-bond acceptors (Lipinski definition) is 5. The Hall–Kier alpha value is -1.95. The highest BCUT2D eigenvalue weighted by Gasteiger charge is 2.17. The van der Waals surface area contributed by atoms with Crippen LogP contribution in [0.4, 0.5) is 5.82 Å². The number of hydrogen-bond donors (Lipinski definition) is 2. The Morgan fingerprint density at radius 2 is 2.14 bits per heavy atom. The summed E-state index contributed by atoms with van der Waals surface area (Å²) in [6, 6.07) is 4.02. The van der Waals surface area contributed by atoms with E-state index in [1.807, 2.05) is 36.9 Å². The van der Waals surface area contributed by atoms with Crippen LogP contribution in [0.2, 0.25) is 0 Å². The molecule has 2 N–H and O–H groups in total. The molecule has 6 heteroatoms. The Bertz CT molecular complexity index is 586. The van der Waals surface area contributed by atoms with Crippen molar-refractivity contribution in [1.82, 2.24) is 25.1 Å². The molecule has 0 unspecified atom stereocenters. The number of aromatic nitrogens is 4. The van der Waals surface area contributed by atoms with Crippen LogP contribution in [0.25, 0.3) is 0 Å². The smallest absolute Gasteiger partial charge is 0.130 e. The average molecular weight is 286 g/mol. The standard InChI is InChI=1S/C15H22N6/c1-11-7-12(2)20-14(19-11)3-5-16-8-13-9-17-15-4-6-18-21(15)10-13/h4,6-7,13,16-17H,3,5,8-10H2,1-2H3/t13-/m1/s1. The van der Waals surface area contributed by atoms with E-state index in [0.29, 0.717) is 5.92 Å². The summed E-state index contributed by atoms with van der Waals surface area (Å²) in [5, 5.41) is 11.2. The molecule has 0 saturated carbocycles. The third kappa shape index (κ3) is 3.58. The molecule has 0 radical (unpaired) electrons. The molecule has 0 aliphatic carbocycles. The van der Waals surface area contributed by atoms with Gasteiger partial charge in [0.05, 0.1) is 6.20 Å². The summed E-state index contributed by atoms with van der Waals surface area (Å²) < 4.78 is 2.03. The molecule has 3 rings (SSSR count). The number of rotatable bonds is 5. The van der Waals surface area contributed by atoms with Crippen LogP contribution in [0.5, 0.6) is 0 Å². The molecule has 0 fully saturated rings. The highest BCUT2D eigenvalue weighted by molar-refractivity contribution is 5.35. The van der Waals surface area contributed by atoms with E-state index in [4.69, 9.17) is 0 Å². The maximum absolute atomic E-state index is 4.46. The molecule has 3 heterocycles. The van der Waals surface area contributed by atoms with E-state index < -0.39 is 0 Å². The van der Waals surface area contributed by atoms with Crippen LogP contribution in [0.15, 0.2) is 18.3 Å². The number of nitrogens with one attached hydrogen (secondary N) is 2. The molecule has 6 nitrogen and oxygen atoms in total. The molecule has 1 aliphatic heterocycles. The fraction of sp³-hybridized carbons (Fsp3) is 0.533. The van der Waals surface area contributed by atoms with E-state index in [-0.39, 0.29) is 0 Å². The summed E-state index contributed by atoms with van der Waals surface area (Å²) in [6.07, 6.45) is 2.71. The number of anilines is 1. The zero-order valence-electron chi connectivity index (χ0n) is 12.6. The molecule has 0 amide bonds. The molecule has 0 aromatic carbocycles. The first-order chi connectivity index (χ1) is 10.2. The molecule has 1 aliphatic rings. The average Bonchev–Trinajstić information content (AvgIpc) is 2.90. The number of fused-ring (bicyclic) bond motifs is 1. The fourth-order valence-corrected chi connectivity index (χ4v) is 2.74. The van der Waals surface area contributed by atoms with Gasteiger partial charge in [-0.1, -0.05) is 0 Å². The molecular formula is C15H22N6. The maximum Gasteiger partial charge on any atom is 0.130 e. The Morgan fingerprint density at radius 3 is 2.95 bits per heavy atom. The number of aryl methyl sites for hydroxylation is 2. The third-order valence-electron chi connectivity index (χ3n) is 3.71. The first-order valence-electron chi connectivity index (χ1n) is 7.48. The third-order valence-corrected chi connectivity index (χ3v) is 3.71. The van der Waals surface area contributed by atoms with Crippen LogP contribution in [0, 0.1) is 19.8 Å². The SMILES string of the molecule is Cc1cc(C)nc(CCNC[C@@H]2CNc3ccnn3C2)n1. The van der Waals surface area contributed by atoms with Crippen molar-refractivity contribution < 1.29 is 0 Å². The van der Waals surface area contributed by atoms with Crippen molar-refractivity contribution in [3.63, 3.8) is 0 Å². The Kier molecular flexibility index (Phi) is 4.15. The minimum atomic E-state index is 0.567. The van der Waals surface area contributed by atoms with Gasteiger partial charge in [-0.25, -0.2) is 14.6 Å². The van der Waals surface area contributed by atoms with Crippen molar-refractivity contribution in [2.45, 2.75) is 26.8 Å². The van der Waals surface area contributed by atoms with Crippen molar-refractivity contribution >= 4 is 5.82 Å². The summed E-state index contributed by atoms with van der Waals surface area (Å²) in [5.74, 6) is 2.61. The monoisotopic (exact) mass is 286 g/mol. The zero-order chi connectivity index (χ0) is 14.7. The maximum atomic E-state index is 4.46. The normalized spacial score (nSPS) is 17.3. The lowest BCUT2D eigenvalue weighted by molar-refractivity contribution is 0.392. The molecule has 112 valence electrons. The summed E-state index contributed by atoms with van der Waals surface area (Å²) >= 11 is 0. The largest absolute Gasteiger partial charge is 0.370 e. The highest BCUT2D eigenvalue weighted by atomic mass is 15.3. The summed E-state index contributed by atoms with van der Waals surface area (Å²) in [5.41, 5.74) is 2.08. The summed E-state index contributed by atoms with van der Waals surface area (Å²) in [7, 11) is 0. The number of nitrogens with zero attached hydrogens (tertiary/aromatic N) is 4. The van der Waals surface area contributed by atoms with E-state index in [1.165, 1.54) is 0 Å². The van der Waals surface area contributed by atoms with Gasteiger partial charge in [0.2, 0.25) is 0 Å². The zero-order valence-corrected chi connectivity index (χ0v) is 12.6. The lowest BCUT2D eigenvalue weighted by atomic mass is 10.1. The topological polar surface area (TPSA) is 67.7 Å². The second kappa shape index (κ2) is 6.22. The summed E-state index contributed by atoms with van der Waals surface area (Å²) in [6.45, 7) is 7.89. The van der Waals surface area contributed by atoms with Crippen molar-refractivity contribution in [2.75, 3.05) is 25.0 Å². The Labute approximate surface area is 125 Å². The Morgan fingerprint density at radius 1 is 1.33 bits per heavy atom. The van der Waals surface area contributed by atoms with Crippen LogP contribution in [-0.2, 0) is 13.0 Å². The minimum Gasteiger partial charge on any atom is -0.370 e. The van der Waals surface area contributed by atoms with E-state index in [1.54, 1.807) is 0 Å². The quantitative estimate of drug-likeness (QED) is 0.808. The van der Waals surface area contributed by atoms with Crippen molar-refractivity contribution in [2.24, 2.45) is 5.92 Å². The molecular weight excluding hydrogens is 264 g/mol. The highest BCUT2D eigenvalue weighted by Crippen LogP contribution is 2.15. The predicted molar refractivity (Wildman–Crippen MR) is 82.3 cm³/mol. The second-order valence-electron chi connectivity index (χ2n) is 5.67. The van der Waals surface area contributed by atoms with Gasteiger partial charge in [0, 0.05) is 56.0 Å². The molecule has 0 bridgehead atoms. The van der Waals surface area contributed by atoms with E-state index in [9.17, 15) is 0 Å². The van der Waals surface area contributed by atoms with Gasteiger partial charge in [-0.2, -0.15) is 5.10 Å². The van der Waals surface area contributed by atoms with Gasteiger partial charge in [-0.3, -0.25) is 0 Å². The van der Waals surface area contributed by atoms with Gasteiger partial charge < -0.3 is 10.6 Å². The van der Waals surface area contributed by atoms with Crippen LogP contribution in [0.1, 0.15) is 17.2 Å². The van der Waals surface area contributed by atoms with Crippen molar-refractivity contribution in [1.29, 1.82) is 0 Å². The lowest BCUT2D eigenvalue weighted by Crippen LogP contribution is -2.36. The first kappa shape index (κ1) is 14.0. The summed E-state index contributed by atoms with van der Waals surface area (Å²) in [4.78, 5) is 8.93. The lowest BCUT2D eigenvalue weighted by Gasteiger charge is -2.25. The minimum absolute atomic E-state index is 0.567. The molecule has 21 heavy (non-hydrogen) atoms. The second-order valence-corrected chi connectivity index (χ2v) is 5.67. The van der Waals surface area contributed by atoms with Gasteiger partial charge in [0.1, 0.15) is 11.6 Å². The van der Waals surface area contributed by atoms with E-state index in [2.05, 4.69) is 25.7 Å². The van der Waals surface area contributed by atoms with Crippen LogP contribution in [-0.4, -0.2) is 39.4 Å². The first-order valence-corrected chi connectivity index (χ1v) is 7.48. The van der Waals surface area contributed by atoms with Crippen LogP contribution < -0.4 is 10.6 Å². The van der Waals surface area contributed by atoms with E-state index in [0.717, 1.165) is 55.6 Å². The van der Waals surface area contributed by atoms with Gasteiger partial charge >= 0.3 is 0 Å². The molecule has 0 spiro atoms. The predicted octanol–water partition coefficient (Wildman–Crippen LogP) is 1.16. The van der Waals surface area contributed by atoms with Crippen molar-refractivity contribution in [3.8, 4) is 0 Å². The van der Waals surface area contributed by atoms with Gasteiger partial charge in [-0.05, 0) is 19.9 Å². The van der Waals surface area contributed by atoms with Crippen LogP contribution in [0.3, 0.4) is 0 Å². The Balaban J connectivity index is 1.43. The molecule has 0 saturated heterocycles. The van der Waals surface area contributed by atoms with Gasteiger partial charge in [-0.15, -0.1) is 0 Å². The van der Waals surface area contributed by atoms with Crippen molar-refractivity contribution in [3.05, 3.63) is 35.5 Å². The fourth-order valence-electron chi connectivity index (χ4n) is 2.74. The molecule has 1 atom stereocenters.